The van der Waals surface area contributed by atoms with E-state index in [9.17, 15) is 0 Å². The van der Waals surface area contributed by atoms with Crippen molar-refractivity contribution in [3.63, 3.8) is 0 Å². The van der Waals surface area contributed by atoms with E-state index in [2.05, 4.69) is 186 Å². The predicted molar refractivity (Wildman–Crippen MR) is 259 cm³/mol. The standard InChI is InChI=1S/C57H48N4.Zn/c1-7-34-57(35-8-2,36-9-3)44-24-22-43(23-25-44)56-51-32-30-49(60-51)54(41-18-12-38(5)13-19-41)47-28-26-45(58-47)53(40-16-10-37(4)11-17-40)46-27-29-48(59-46)55(50-31-33-52(56)61-50)42-20-14-39(6)15-21-42;/h7-33H,1-3,34-36H2,4-6H3;/q-2;+2. The van der Waals surface area contributed by atoms with E-state index in [-0.39, 0.29) is 24.9 Å². The molecule has 4 nitrogen and oxygen atoms in total. The van der Waals surface area contributed by atoms with Crippen molar-refractivity contribution in [2.24, 2.45) is 0 Å². The Labute approximate surface area is 378 Å². The molecule has 5 heterocycles. The van der Waals surface area contributed by atoms with Crippen molar-refractivity contribution in [2.75, 3.05) is 0 Å². The second kappa shape index (κ2) is 17.7. The van der Waals surface area contributed by atoms with Gasteiger partial charge in [0.25, 0.3) is 0 Å². The first-order valence-electron chi connectivity index (χ1n) is 21.0. The fourth-order valence-corrected chi connectivity index (χ4v) is 8.85. The topological polar surface area (TPSA) is 54.0 Å². The molecule has 0 spiro atoms. The van der Waals surface area contributed by atoms with Gasteiger partial charge in [-0.2, -0.15) is 0 Å². The SMILES string of the molecule is C=CCC(CC=C)(CC=C)c1ccc(-c2c3nc(c(-c4ccc(C)cc4)c4ccc([n-]4)c(-c4ccc(C)cc4)c4nc(c(-c5ccc(C)cc5)c5ccc2[n-]5)C=C4)C=C3)cc1.[Zn+2]. The summed E-state index contributed by atoms with van der Waals surface area (Å²) in [7, 11) is 0. The molecule has 298 valence electrons. The Hall–Kier alpha value is -6.68. The molecule has 7 aromatic rings. The average molecular weight is 854 g/mol. The summed E-state index contributed by atoms with van der Waals surface area (Å²) < 4.78 is 0. The molecule has 8 bridgehead atoms. The van der Waals surface area contributed by atoms with E-state index in [0.717, 1.165) is 109 Å². The van der Waals surface area contributed by atoms with Crippen LogP contribution in [0.3, 0.4) is 0 Å². The molecule has 4 aromatic carbocycles. The summed E-state index contributed by atoms with van der Waals surface area (Å²) in [5.41, 5.74) is 19.4. The van der Waals surface area contributed by atoms with Crippen LogP contribution in [0.1, 0.15) is 64.3 Å². The molecule has 0 atom stereocenters. The minimum atomic E-state index is -0.171. The zero-order chi connectivity index (χ0) is 42.1. The summed E-state index contributed by atoms with van der Waals surface area (Å²) in [6.07, 6.45) is 16.9. The summed E-state index contributed by atoms with van der Waals surface area (Å²) in [4.78, 5) is 21.8. The molecular weight excluding hydrogens is 806 g/mol. The number of aromatic nitrogens is 4. The smallest absolute Gasteiger partial charge is 0.657 e. The molecule has 0 unspecified atom stereocenters. The maximum absolute atomic E-state index is 5.47. The normalized spacial score (nSPS) is 11.9. The van der Waals surface area contributed by atoms with Gasteiger partial charge < -0.3 is 9.97 Å². The van der Waals surface area contributed by atoms with Crippen LogP contribution >= 0.6 is 0 Å². The van der Waals surface area contributed by atoms with Gasteiger partial charge in [-0.3, -0.25) is 0 Å². The summed E-state index contributed by atoms with van der Waals surface area (Å²) in [5, 5.41) is 0. The van der Waals surface area contributed by atoms with E-state index in [1.165, 1.54) is 22.3 Å². The van der Waals surface area contributed by atoms with E-state index in [0.29, 0.717) is 0 Å². The van der Waals surface area contributed by atoms with Crippen LogP contribution in [-0.4, -0.2) is 9.97 Å². The number of nitrogens with zero attached hydrogens (tertiary/aromatic N) is 4. The molecular formula is C57H48N4Zn. The molecule has 9 rings (SSSR count). The number of benzene rings is 4. The predicted octanol–water partition coefficient (Wildman–Crippen LogP) is 14.5. The molecule has 0 radical (unpaired) electrons. The van der Waals surface area contributed by atoms with Crippen LogP contribution < -0.4 is 9.97 Å². The monoisotopic (exact) mass is 852 g/mol. The fourth-order valence-electron chi connectivity index (χ4n) is 8.85. The molecule has 3 aromatic heterocycles. The molecule has 62 heavy (non-hydrogen) atoms. The van der Waals surface area contributed by atoms with E-state index in [4.69, 9.17) is 19.9 Å². The van der Waals surface area contributed by atoms with E-state index < -0.39 is 0 Å². The minimum absolute atomic E-state index is 0. The van der Waals surface area contributed by atoms with Gasteiger partial charge in [0.15, 0.2) is 0 Å². The molecule has 0 amide bonds. The Morgan fingerprint density at radius 2 is 0.661 bits per heavy atom. The molecule has 2 aliphatic heterocycles. The van der Waals surface area contributed by atoms with Crippen LogP contribution in [0.25, 0.3) is 90.9 Å². The van der Waals surface area contributed by atoms with E-state index >= 15 is 0 Å². The fraction of sp³-hybridized carbons (Fsp3) is 0.123. The Morgan fingerprint density at radius 1 is 0.403 bits per heavy atom. The van der Waals surface area contributed by atoms with Crippen molar-refractivity contribution in [3.05, 3.63) is 204 Å². The van der Waals surface area contributed by atoms with Crippen molar-refractivity contribution < 1.29 is 19.5 Å². The Balaban J connectivity index is 0.00000529. The van der Waals surface area contributed by atoms with Crippen molar-refractivity contribution in [1.29, 1.82) is 0 Å². The van der Waals surface area contributed by atoms with Gasteiger partial charge in [0.05, 0.1) is 22.8 Å². The van der Waals surface area contributed by atoms with Crippen LogP contribution in [0, 0.1) is 20.8 Å². The van der Waals surface area contributed by atoms with Crippen molar-refractivity contribution in [2.45, 2.75) is 45.4 Å². The zero-order valence-electron chi connectivity index (χ0n) is 35.8. The molecule has 0 saturated carbocycles. The van der Waals surface area contributed by atoms with Crippen LogP contribution in [0.4, 0.5) is 0 Å². The third-order valence-corrected chi connectivity index (χ3v) is 12.0. The quantitative estimate of drug-likeness (QED) is 0.0961. The average Bonchev–Trinajstić information content (AvgIpc) is 4.12. The second-order valence-corrected chi connectivity index (χ2v) is 16.3. The molecule has 0 fully saturated rings. The van der Waals surface area contributed by atoms with Crippen molar-refractivity contribution in [3.8, 4) is 44.5 Å². The number of aryl methyl sites for hydroxylation is 3. The van der Waals surface area contributed by atoms with Crippen LogP contribution in [-0.2, 0) is 24.9 Å². The molecule has 5 heteroatoms. The van der Waals surface area contributed by atoms with Crippen LogP contribution in [0.2, 0.25) is 0 Å². The maximum Gasteiger partial charge on any atom is 2.00 e. The number of fused-ring (bicyclic) bond motifs is 8. The maximum atomic E-state index is 5.47. The third-order valence-electron chi connectivity index (χ3n) is 12.0. The van der Waals surface area contributed by atoms with Crippen molar-refractivity contribution >= 4 is 46.4 Å². The number of hydrogen-bond acceptors (Lipinski definition) is 2. The van der Waals surface area contributed by atoms with Gasteiger partial charge in [0.1, 0.15) is 0 Å². The Morgan fingerprint density at radius 3 is 0.919 bits per heavy atom. The Bertz CT molecular complexity index is 2980. The Kier molecular flexibility index (Phi) is 12.0. The number of hydrogen-bond donors (Lipinski definition) is 0. The molecule has 0 N–H and O–H groups in total. The number of allylic oxidation sites excluding steroid dienone is 3. The molecule has 0 saturated heterocycles. The minimum Gasteiger partial charge on any atom is -0.657 e. The first-order valence-corrected chi connectivity index (χ1v) is 21.0. The van der Waals surface area contributed by atoms with Gasteiger partial charge in [0, 0.05) is 5.41 Å². The zero-order valence-corrected chi connectivity index (χ0v) is 38.8. The van der Waals surface area contributed by atoms with Crippen LogP contribution in [0.15, 0.2) is 159 Å². The van der Waals surface area contributed by atoms with Gasteiger partial charge in [0.2, 0.25) is 0 Å². The van der Waals surface area contributed by atoms with E-state index in [1.807, 2.05) is 18.2 Å². The molecule has 0 aliphatic carbocycles. The first-order chi connectivity index (χ1) is 29.8. The molecule has 2 aliphatic rings. The third kappa shape index (κ3) is 7.97. The van der Waals surface area contributed by atoms with Crippen LogP contribution in [0.5, 0.6) is 0 Å². The number of rotatable bonds is 11. The largest absolute Gasteiger partial charge is 2.00 e. The summed E-state index contributed by atoms with van der Waals surface area (Å²) in [5.74, 6) is 0. The van der Waals surface area contributed by atoms with Gasteiger partial charge >= 0.3 is 19.5 Å². The van der Waals surface area contributed by atoms with Gasteiger partial charge in [-0.25, -0.2) is 9.97 Å². The first kappa shape index (κ1) is 42.0. The van der Waals surface area contributed by atoms with Gasteiger partial charge in [-0.1, -0.05) is 156 Å². The summed E-state index contributed by atoms with van der Waals surface area (Å²) >= 11 is 0. The van der Waals surface area contributed by atoms with Crippen molar-refractivity contribution in [1.82, 2.24) is 19.9 Å². The second-order valence-electron chi connectivity index (χ2n) is 16.3. The summed E-state index contributed by atoms with van der Waals surface area (Å²) in [6.45, 7) is 18.7. The summed E-state index contributed by atoms with van der Waals surface area (Å²) in [6, 6.07) is 43.3. The van der Waals surface area contributed by atoms with Gasteiger partial charge in [-0.05, 0) is 114 Å². The van der Waals surface area contributed by atoms with Gasteiger partial charge in [-0.15, -0.1) is 41.8 Å². The van der Waals surface area contributed by atoms with E-state index in [1.54, 1.807) is 0 Å².